The molecule has 1 atom stereocenters. The number of nitrogens with zero attached hydrogens (tertiary/aromatic N) is 3. The van der Waals surface area contributed by atoms with Crippen molar-refractivity contribution in [2.24, 2.45) is 5.92 Å². The second kappa shape index (κ2) is 5.31. The van der Waals surface area contributed by atoms with Gasteiger partial charge in [-0.15, -0.1) is 10.2 Å². The van der Waals surface area contributed by atoms with Gasteiger partial charge in [0, 0.05) is 12.1 Å². The number of para-hydroxylation sites is 1. The fourth-order valence-electron chi connectivity index (χ4n) is 2.56. The minimum absolute atomic E-state index is 0.686. The Kier molecular flexibility index (Phi) is 3.37. The summed E-state index contributed by atoms with van der Waals surface area (Å²) in [7, 11) is 0. The lowest BCUT2D eigenvalue weighted by atomic mass is 9.96. The Hall–Kier alpha value is -1.68. The Morgan fingerprint density at radius 1 is 1.28 bits per heavy atom. The SMILES string of the molecule is c1ccc(-n2cnnc2CC2CCCNC2)cc1. The Balaban J connectivity index is 1.79. The van der Waals surface area contributed by atoms with E-state index in [-0.39, 0.29) is 0 Å². The third-order valence-electron chi connectivity index (χ3n) is 3.52. The van der Waals surface area contributed by atoms with E-state index in [0.717, 1.165) is 31.0 Å². The van der Waals surface area contributed by atoms with E-state index in [2.05, 4.69) is 32.2 Å². The molecule has 0 amide bonds. The molecule has 4 nitrogen and oxygen atoms in total. The predicted molar refractivity (Wildman–Crippen MR) is 70.7 cm³/mol. The molecular formula is C14H18N4. The van der Waals surface area contributed by atoms with E-state index in [0.29, 0.717) is 5.92 Å². The van der Waals surface area contributed by atoms with E-state index in [1.165, 1.54) is 12.8 Å². The van der Waals surface area contributed by atoms with Gasteiger partial charge in [-0.2, -0.15) is 0 Å². The Morgan fingerprint density at radius 3 is 2.94 bits per heavy atom. The molecule has 2 heterocycles. The molecule has 1 aliphatic rings. The lowest BCUT2D eigenvalue weighted by molar-refractivity contribution is 0.369. The van der Waals surface area contributed by atoms with E-state index in [9.17, 15) is 0 Å². The molecule has 1 aliphatic heterocycles. The third kappa shape index (κ3) is 2.43. The van der Waals surface area contributed by atoms with Crippen LogP contribution in [0.5, 0.6) is 0 Å². The molecule has 3 rings (SSSR count). The van der Waals surface area contributed by atoms with Crippen molar-refractivity contribution in [2.75, 3.05) is 13.1 Å². The summed E-state index contributed by atoms with van der Waals surface area (Å²) in [5, 5.41) is 11.8. The molecule has 0 bridgehead atoms. The Morgan fingerprint density at radius 2 is 2.17 bits per heavy atom. The molecule has 0 saturated carbocycles. The van der Waals surface area contributed by atoms with Gasteiger partial charge in [0.25, 0.3) is 0 Å². The zero-order valence-electron chi connectivity index (χ0n) is 10.4. The van der Waals surface area contributed by atoms with E-state index < -0.39 is 0 Å². The van der Waals surface area contributed by atoms with Crippen LogP contribution in [0.3, 0.4) is 0 Å². The average Bonchev–Trinajstić information content (AvgIpc) is 2.89. The van der Waals surface area contributed by atoms with Crippen LogP contribution >= 0.6 is 0 Å². The maximum Gasteiger partial charge on any atom is 0.137 e. The molecule has 2 aromatic rings. The molecule has 1 aromatic carbocycles. The molecule has 94 valence electrons. The van der Waals surface area contributed by atoms with Gasteiger partial charge in [-0.05, 0) is 44.0 Å². The molecule has 18 heavy (non-hydrogen) atoms. The first-order valence-corrected chi connectivity index (χ1v) is 6.58. The average molecular weight is 242 g/mol. The van der Waals surface area contributed by atoms with Crippen molar-refractivity contribution in [1.29, 1.82) is 0 Å². The van der Waals surface area contributed by atoms with Crippen molar-refractivity contribution in [3.8, 4) is 5.69 Å². The van der Waals surface area contributed by atoms with E-state index in [1.54, 1.807) is 6.33 Å². The van der Waals surface area contributed by atoms with Crippen LogP contribution in [0.15, 0.2) is 36.7 Å². The van der Waals surface area contributed by atoms with Gasteiger partial charge in [-0.25, -0.2) is 0 Å². The fraction of sp³-hybridized carbons (Fsp3) is 0.429. The van der Waals surface area contributed by atoms with Crippen LogP contribution in [0.1, 0.15) is 18.7 Å². The van der Waals surface area contributed by atoms with Gasteiger partial charge in [-0.3, -0.25) is 4.57 Å². The van der Waals surface area contributed by atoms with Gasteiger partial charge in [-0.1, -0.05) is 18.2 Å². The smallest absolute Gasteiger partial charge is 0.137 e. The number of benzene rings is 1. The first-order chi connectivity index (χ1) is 8.93. The number of nitrogens with one attached hydrogen (secondary N) is 1. The van der Waals surface area contributed by atoms with Crippen LogP contribution in [0.2, 0.25) is 0 Å². The van der Waals surface area contributed by atoms with E-state index in [4.69, 9.17) is 0 Å². The normalized spacial score (nSPS) is 19.9. The highest BCUT2D eigenvalue weighted by Gasteiger charge is 2.17. The van der Waals surface area contributed by atoms with Gasteiger partial charge in [0.2, 0.25) is 0 Å². The predicted octanol–water partition coefficient (Wildman–Crippen LogP) is 1.81. The molecule has 0 spiro atoms. The maximum absolute atomic E-state index is 4.27. The van der Waals surface area contributed by atoms with E-state index in [1.807, 2.05) is 18.2 Å². The minimum Gasteiger partial charge on any atom is -0.316 e. The number of rotatable bonds is 3. The first-order valence-electron chi connectivity index (χ1n) is 6.58. The van der Waals surface area contributed by atoms with Crippen LogP contribution in [0, 0.1) is 5.92 Å². The fourth-order valence-corrected chi connectivity index (χ4v) is 2.56. The monoisotopic (exact) mass is 242 g/mol. The highest BCUT2D eigenvalue weighted by Crippen LogP contribution is 2.17. The highest BCUT2D eigenvalue weighted by atomic mass is 15.3. The van der Waals surface area contributed by atoms with Gasteiger partial charge >= 0.3 is 0 Å². The largest absolute Gasteiger partial charge is 0.316 e. The highest BCUT2D eigenvalue weighted by molar-refractivity contribution is 5.32. The van der Waals surface area contributed by atoms with Crippen LogP contribution < -0.4 is 5.32 Å². The van der Waals surface area contributed by atoms with Gasteiger partial charge in [0.05, 0.1) is 0 Å². The number of hydrogen-bond acceptors (Lipinski definition) is 3. The standard InChI is InChI=1S/C14H18N4/c1-2-6-13(7-3-1)18-11-16-17-14(18)9-12-5-4-8-15-10-12/h1-3,6-7,11-12,15H,4-5,8-10H2. The molecule has 0 radical (unpaired) electrons. The molecule has 1 unspecified atom stereocenters. The summed E-state index contributed by atoms with van der Waals surface area (Å²) in [4.78, 5) is 0. The van der Waals surface area contributed by atoms with Crippen molar-refractivity contribution >= 4 is 0 Å². The zero-order chi connectivity index (χ0) is 12.2. The summed E-state index contributed by atoms with van der Waals surface area (Å²) in [5.74, 6) is 1.75. The Labute approximate surface area is 107 Å². The summed E-state index contributed by atoms with van der Waals surface area (Å²) in [6.07, 6.45) is 5.36. The van der Waals surface area contributed by atoms with Crippen LogP contribution in [-0.2, 0) is 6.42 Å². The van der Waals surface area contributed by atoms with Crippen molar-refractivity contribution in [3.05, 3.63) is 42.5 Å². The second-order valence-corrected chi connectivity index (χ2v) is 4.87. The van der Waals surface area contributed by atoms with Gasteiger partial charge < -0.3 is 5.32 Å². The second-order valence-electron chi connectivity index (χ2n) is 4.87. The van der Waals surface area contributed by atoms with Crippen molar-refractivity contribution in [1.82, 2.24) is 20.1 Å². The number of hydrogen-bond donors (Lipinski definition) is 1. The molecule has 1 fully saturated rings. The topological polar surface area (TPSA) is 42.7 Å². The molecule has 1 saturated heterocycles. The van der Waals surface area contributed by atoms with Crippen molar-refractivity contribution in [2.45, 2.75) is 19.3 Å². The minimum atomic E-state index is 0.686. The summed E-state index contributed by atoms with van der Waals surface area (Å²) in [5.41, 5.74) is 1.14. The summed E-state index contributed by atoms with van der Waals surface area (Å²) in [6.45, 7) is 2.25. The van der Waals surface area contributed by atoms with Gasteiger partial charge in [0.15, 0.2) is 0 Å². The molecular weight excluding hydrogens is 224 g/mol. The molecule has 1 aromatic heterocycles. The quantitative estimate of drug-likeness (QED) is 0.892. The van der Waals surface area contributed by atoms with Gasteiger partial charge in [0.1, 0.15) is 12.2 Å². The molecule has 4 heteroatoms. The van der Waals surface area contributed by atoms with Crippen LogP contribution in [0.25, 0.3) is 5.69 Å². The first kappa shape index (κ1) is 11.4. The van der Waals surface area contributed by atoms with Crippen LogP contribution in [0.4, 0.5) is 0 Å². The number of piperidine rings is 1. The molecule has 1 N–H and O–H groups in total. The van der Waals surface area contributed by atoms with Crippen LogP contribution in [-0.4, -0.2) is 27.9 Å². The lowest BCUT2D eigenvalue weighted by Crippen LogP contribution is -2.31. The Bertz CT molecular complexity index is 486. The van der Waals surface area contributed by atoms with Crippen molar-refractivity contribution in [3.63, 3.8) is 0 Å². The lowest BCUT2D eigenvalue weighted by Gasteiger charge is -2.22. The summed E-state index contributed by atoms with van der Waals surface area (Å²) < 4.78 is 2.09. The summed E-state index contributed by atoms with van der Waals surface area (Å²) in [6, 6.07) is 10.3. The summed E-state index contributed by atoms with van der Waals surface area (Å²) >= 11 is 0. The molecule has 0 aliphatic carbocycles. The van der Waals surface area contributed by atoms with Crippen molar-refractivity contribution < 1.29 is 0 Å². The maximum atomic E-state index is 4.27. The van der Waals surface area contributed by atoms with E-state index >= 15 is 0 Å². The third-order valence-corrected chi connectivity index (χ3v) is 3.52. The zero-order valence-corrected chi connectivity index (χ0v) is 10.4. The number of aromatic nitrogens is 3.